The first-order chi connectivity index (χ1) is 9.22. The van der Waals surface area contributed by atoms with Gasteiger partial charge in [0, 0.05) is 6.20 Å². The molecule has 1 N–H and O–H groups in total. The van der Waals surface area contributed by atoms with E-state index < -0.39 is 0 Å². The van der Waals surface area contributed by atoms with Crippen LogP contribution in [0.4, 0.5) is 5.13 Å². The van der Waals surface area contributed by atoms with Gasteiger partial charge in [0.2, 0.25) is 0 Å². The van der Waals surface area contributed by atoms with Crippen molar-refractivity contribution in [3.05, 3.63) is 47.5 Å². The quantitative estimate of drug-likeness (QED) is 0.793. The molecule has 19 heavy (non-hydrogen) atoms. The highest BCUT2D eigenvalue weighted by Gasteiger charge is 2.05. The van der Waals surface area contributed by atoms with Gasteiger partial charge in [-0.25, -0.2) is 4.98 Å². The summed E-state index contributed by atoms with van der Waals surface area (Å²) in [5.74, 6) is 0. The van der Waals surface area contributed by atoms with E-state index in [0.717, 1.165) is 22.0 Å². The van der Waals surface area contributed by atoms with Crippen molar-refractivity contribution in [3.8, 4) is 0 Å². The Bertz CT molecular complexity index is 703. The van der Waals surface area contributed by atoms with Crippen molar-refractivity contribution in [2.24, 2.45) is 0 Å². The third-order valence-electron chi connectivity index (χ3n) is 2.88. The normalized spacial score (nSPS) is 10.8. The Kier molecular flexibility index (Phi) is 3.13. The predicted octanol–water partition coefficient (Wildman–Crippen LogP) is 3.32. The molecule has 0 aliphatic rings. The number of hydrogen-bond donors (Lipinski definition) is 1. The zero-order chi connectivity index (χ0) is 13.2. The number of nitrogens with zero attached hydrogens (tertiary/aromatic N) is 3. The second-order valence-electron chi connectivity index (χ2n) is 4.44. The number of thiazole rings is 1. The average Bonchev–Trinajstić information content (AvgIpc) is 2.83. The highest BCUT2D eigenvalue weighted by atomic mass is 32.1. The second-order valence-corrected chi connectivity index (χ2v) is 5.47. The van der Waals surface area contributed by atoms with Crippen molar-refractivity contribution >= 4 is 26.7 Å². The molecule has 3 rings (SSSR count). The zero-order valence-electron chi connectivity index (χ0n) is 10.8. The molecule has 0 fully saturated rings. The molecule has 0 saturated carbocycles. The van der Waals surface area contributed by atoms with Crippen LogP contribution in [0.15, 0.2) is 30.6 Å². The maximum Gasteiger partial charge on any atom is 0.184 e. The summed E-state index contributed by atoms with van der Waals surface area (Å²) in [5.41, 5.74) is 4.13. The lowest BCUT2D eigenvalue weighted by atomic mass is 10.2. The SMILES string of the molecule is Cc1cnc(CNc2nc3c(C)cccc3s2)cn1. The summed E-state index contributed by atoms with van der Waals surface area (Å²) in [6.45, 7) is 4.66. The third-order valence-corrected chi connectivity index (χ3v) is 3.85. The molecule has 0 bridgehead atoms. The van der Waals surface area contributed by atoms with Gasteiger partial charge in [0.1, 0.15) is 0 Å². The monoisotopic (exact) mass is 270 g/mol. The molecular weight excluding hydrogens is 256 g/mol. The third kappa shape index (κ3) is 2.56. The Hall–Kier alpha value is -2.01. The van der Waals surface area contributed by atoms with Crippen molar-refractivity contribution in [3.63, 3.8) is 0 Å². The van der Waals surface area contributed by atoms with Gasteiger partial charge in [0.25, 0.3) is 0 Å². The van der Waals surface area contributed by atoms with E-state index in [4.69, 9.17) is 0 Å². The van der Waals surface area contributed by atoms with E-state index in [0.29, 0.717) is 6.54 Å². The molecule has 5 heteroatoms. The maximum absolute atomic E-state index is 4.60. The number of para-hydroxylation sites is 1. The van der Waals surface area contributed by atoms with E-state index in [9.17, 15) is 0 Å². The molecule has 0 atom stereocenters. The number of hydrogen-bond acceptors (Lipinski definition) is 5. The number of nitrogens with one attached hydrogen (secondary N) is 1. The van der Waals surface area contributed by atoms with Crippen LogP contribution in [0, 0.1) is 13.8 Å². The standard InChI is InChI=1S/C14H14N4S/c1-9-4-3-5-12-13(9)18-14(19-12)17-8-11-7-15-10(2)6-16-11/h3-7H,8H2,1-2H3,(H,17,18). The number of fused-ring (bicyclic) bond motifs is 1. The Labute approximate surface area is 115 Å². The van der Waals surface area contributed by atoms with Crippen LogP contribution in [-0.2, 0) is 6.54 Å². The van der Waals surface area contributed by atoms with Crippen molar-refractivity contribution in [2.45, 2.75) is 20.4 Å². The number of anilines is 1. The van der Waals surface area contributed by atoms with Crippen LogP contribution in [0.1, 0.15) is 17.0 Å². The molecule has 0 aliphatic carbocycles. The predicted molar refractivity (Wildman–Crippen MR) is 78.5 cm³/mol. The van der Waals surface area contributed by atoms with Gasteiger partial charge in [-0.3, -0.25) is 9.97 Å². The van der Waals surface area contributed by atoms with Crippen molar-refractivity contribution in [2.75, 3.05) is 5.32 Å². The molecule has 0 aliphatic heterocycles. The molecule has 2 aromatic heterocycles. The van der Waals surface area contributed by atoms with E-state index in [1.807, 2.05) is 6.92 Å². The Morgan fingerprint density at radius 2 is 2.05 bits per heavy atom. The number of rotatable bonds is 3. The van der Waals surface area contributed by atoms with Crippen molar-refractivity contribution in [1.82, 2.24) is 15.0 Å². The summed E-state index contributed by atoms with van der Waals surface area (Å²) in [4.78, 5) is 13.1. The molecule has 4 nitrogen and oxygen atoms in total. The van der Waals surface area contributed by atoms with Gasteiger partial charge in [-0.2, -0.15) is 0 Å². The summed E-state index contributed by atoms with van der Waals surface area (Å²) in [7, 11) is 0. The van der Waals surface area contributed by atoms with Gasteiger partial charge in [-0.05, 0) is 25.5 Å². The minimum absolute atomic E-state index is 0.645. The summed E-state index contributed by atoms with van der Waals surface area (Å²) >= 11 is 1.66. The van der Waals surface area contributed by atoms with Gasteiger partial charge in [-0.15, -0.1) is 0 Å². The van der Waals surface area contributed by atoms with Gasteiger partial charge < -0.3 is 5.32 Å². The van der Waals surface area contributed by atoms with Gasteiger partial charge in [0.15, 0.2) is 5.13 Å². The summed E-state index contributed by atoms with van der Waals surface area (Å²) < 4.78 is 1.21. The Balaban J connectivity index is 1.78. The van der Waals surface area contributed by atoms with Gasteiger partial charge in [0.05, 0.1) is 34.3 Å². The van der Waals surface area contributed by atoms with E-state index in [1.54, 1.807) is 23.7 Å². The Morgan fingerprint density at radius 1 is 1.16 bits per heavy atom. The maximum atomic E-state index is 4.60. The minimum atomic E-state index is 0.645. The summed E-state index contributed by atoms with van der Waals surface area (Å²) in [6, 6.07) is 6.24. The smallest absolute Gasteiger partial charge is 0.184 e. The molecule has 3 aromatic rings. The number of benzene rings is 1. The van der Waals surface area contributed by atoms with Crippen LogP contribution in [0.25, 0.3) is 10.2 Å². The van der Waals surface area contributed by atoms with Crippen molar-refractivity contribution < 1.29 is 0 Å². The van der Waals surface area contributed by atoms with Crippen LogP contribution in [0.2, 0.25) is 0 Å². The largest absolute Gasteiger partial charge is 0.356 e. The fourth-order valence-corrected chi connectivity index (χ4v) is 2.78. The molecule has 1 aromatic carbocycles. The topological polar surface area (TPSA) is 50.7 Å². The number of aromatic nitrogens is 3. The molecular formula is C14H14N4S. The van der Waals surface area contributed by atoms with E-state index in [-0.39, 0.29) is 0 Å². The molecule has 96 valence electrons. The molecule has 0 amide bonds. The fourth-order valence-electron chi connectivity index (χ4n) is 1.84. The lowest BCUT2D eigenvalue weighted by Gasteiger charge is -2.01. The van der Waals surface area contributed by atoms with Crippen LogP contribution >= 0.6 is 11.3 Å². The highest BCUT2D eigenvalue weighted by Crippen LogP contribution is 2.27. The second kappa shape index (κ2) is 4.93. The zero-order valence-corrected chi connectivity index (χ0v) is 11.7. The van der Waals surface area contributed by atoms with Crippen molar-refractivity contribution in [1.29, 1.82) is 0 Å². The van der Waals surface area contributed by atoms with E-state index in [2.05, 4.69) is 45.4 Å². The average molecular weight is 270 g/mol. The summed E-state index contributed by atoms with van der Waals surface area (Å²) in [5, 5.41) is 4.22. The van der Waals surface area contributed by atoms with Gasteiger partial charge >= 0.3 is 0 Å². The molecule has 2 heterocycles. The van der Waals surface area contributed by atoms with Crippen LogP contribution < -0.4 is 5.32 Å². The first kappa shape index (κ1) is 12.0. The molecule has 0 unspecified atom stereocenters. The molecule has 0 saturated heterocycles. The van der Waals surface area contributed by atoms with Gasteiger partial charge in [-0.1, -0.05) is 23.5 Å². The number of aryl methyl sites for hydroxylation is 2. The van der Waals surface area contributed by atoms with Crippen LogP contribution in [-0.4, -0.2) is 15.0 Å². The Morgan fingerprint density at radius 3 is 2.79 bits per heavy atom. The molecule has 0 radical (unpaired) electrons. The summed E-state index contributed by atoms with van der Waals surface area (Å²) in [6.07, 6.45) is 3.57. The van der Waals surface area contributed by atoms with E-state index >= 15 is 0 Å². The van der Waals surface area contributed by atoms with Crippen LogP contribution in [0.3, 0.4) is 0 Å². The first-order valence-corrected chi connectivity index (χ1v) is 6.91. The fraction of sp³-hybridized carbons (Fsp3) is 0.214. The van der Waals surface area contributed by atoms with E-state index in [1.165, 1.54) is 10.3 Å². The highest BCUT2D eigenvalue weighted by molar-refractivity contribution is 7.22. The lowest BCUT2D eigenvalue weighted by molar-refractivity contribution is 0.983. The lowest BCUT2D eigenvalue weighted by Crippen LogP contribution is -2.02. The van der Waals surface area contributed by atoms with Crippen LogP contribution in [0.5, 0.6) is 0 Å². The molecule has 0 spiro atoms. The first-order valence-electron chi connectivity index (χ1n) is 6.10. The minimum Gasteiger partial charge on any atom is -0.356 e.